The predicted molar refractivity (Wildman–Crippen MR) is 127 cm³/mol. The Morgan fingerprint density at radius 1 is 1.06 bits per heavy atom. The summed E-state index contributed by atoms with van der Waals surface area (Å²) in [5.41, 5.74) is 2.73. The van der Waals surface area contributed by atoms with Gasteiger partial charge in [0, 0.05) is 26.6 Å². The van der Waals surface area contributed by atoms with Crippen LogP contribution in [0.25, 0.3) is 11.1 Å². The molecule has 1 aliphatic rings. The first-order chi connectivity index (χ1) is 15.9. The molecular formula is C26H31N5O2. The minimum absolute atomic E-state index is 0.0107. The van der Waals surface area contributed by atoms with E-state index in [1.807, 2.05) is 49.1 Å². The SMILES string of the molecule is CNC(=O)[C@@]1(Cc2ccccc2-c2ccccc2)CCN(C(=O)CCn2nc(C)nc2C)C1. The quantitative estimate of drug-likeness (QED) is 0.606. The molecule has 1 saturated heterocycles. The van der Waals surface area contributed by atoms with Gasteiger partial charge < -0.3 is 10.2 Å². The first kappa shape index (κ1) is 22.7. The van der Waals surface area contributed by atoms with Crippen LogP contribution in [0.1, 0.15) is 30.1 Å². The molecule has 0 bridgehead atoms. The maximum atomic E-state index is 13.1. The minimum Gasteiger partial charge on any atom is -0.359 e. The largest absolute Gasteiger partial charge is 0.359 e. The van der Waals surface area contributed by atoms with Crippen LogP contribution in [0, 0.1) is 19.3 Å². The van der Waals surface area contributed by atoms with Crippen molar-refractivity contribution < 1.29 is 9.59 Å². The van der Waals surface area contributed by atoms with E-state index in [4.69, 9.17) is 0 Å². The zero-order chi connectivity index (χ0) is 23.4. The van der Waals surface area contributed by atoms with Gasteiger partial charge in [-0.25, -0.2) is 9.67 Å². The lowest BCUT2D eigenvalue weighted by Gasteiger charge is -2.28. The fraction of sp³-hybridized carbons (Fsp3) is 0.385. The molecule has 4 rings (SSSR count). The van der Waals surface area contributed by atoms with Gasteiger partial charge in [0.15, 0.2) is 0 Å². The van der Waals surface area contributed by atoms with E-state index in [1.165, 1.54) is 0 Å². The molecule has 0 spiro atoms. The van der Waals surface area contributed by atoms with Crippen molar-refractivity contribution in [3.05, 3.63) is 71.8 Å². The number of benzene rings is 2. The van der Waals surface area contributed by atoms with Crippen molar-refractivity contribution in [1.82, 2.24) is 25.0 Å². The van der Waals surface area contributed by atoms with Gasteiger partial charge in [-0.3, -0.25) is 9.59 Å². The molecule has 0 aliphatic carbocycles. The maximum Gasteiger partial charge on any atom is 0.228 e. The number of nitrogens with one attached hydrogen (secondary N) is 1. The summed E-state index contributed by atoms with van der Waals surface area (Å²) in [5, 5.41) is 7.20. The Kier molecular flexibility index (Phi) is 6.58. The van der Waals surface area contributed by atoms with Crippen molar-refractivity contribution in [2.45, 2.75) is 39.7 Å². The number of rotatable bonds is 7. The van der Waals surface area contributed by atoms with Gasteiger partial charge in [-0.05, 0) is 43.4 Å². The van der Waals surface area contributed by atoms with Crippen LogP contribution in [-0.4, -0.2) is 51.6 Å². The monoisotopic (exact) mass is 445 g/mol. The maximum absolute atomic E-state index is 13.1. The Hall–Kier alpha value is -3.48. The lowest BCUT2D eigenvalue weighted by atomic mass is 9.78. The van der Waals surface area contributed by atoms with E-state index < -0.39 is 5.41 Å². The van der Waals surface area contributed by atoms with Crippen molar-refractivity contribution in [3.63, 3.8) is 0 Å². The van der Waals surface area contributed by atoms with Crippen molar-refractivity contribution in [3.8, 4) is 11.1 Å². The van der Waals surface area contributed by atoms with Gasteiger partial charge in [0.25, 0.3) is 0 Å². The van der Waals surface area contributed by atoms with Gasteiger partial charge in [-0.15, -0.1) is 0 Å². The summed E-state index contributed by atoms with van der Waals surface area (Å²) >= 11 is 0. The van der Waals surface area contributed by atoms with Gasteiger partial charge in [0.05, 0.1) is 12.0 Å². The molecule has 172 valence electrons. The highest BCUT2D eigenvalue weighted by Gasteiger charge is 2.45. The summed E-state index contributed by atoms with van der Waals surface area (Å²) in [6, 6.07) is 18.4. The molecule has 1 fully saturated rings. The second kappa shape index (κ2) is 9.57. The summed E-state index contributed by atoms with van der Waals surface area (Å²) in [7, 11) is 1.67. The van der Waals surface area contributed by atoms with Gasteiger partial charge in [-0.1, -0.05) is 54.6 Å². The molecule has 33 heavy (non-hydrogen) atoms. The Balaban J connectivity index is 1.52. The van der Waals surface area contributed by atoms with Crippen molar-refractivity contribution in [1.29, 1.82) is 0 Å². The Morgan fingerprint density at radius 2 is 1.79 bits per heavy atom. The van der Waals surface area contributed by atoms with E-state index >= 15 is 0 Å². The van der Waals surface area contributed by atoms with Crippen molar-refractivity contribution in [2.24, 2.45) is 5.41 Å². The summed E-state index contributed by atoms with van der Waals surface area (Å²) in [5.74, 6) is 1.55. The van der Waals surface area contributed by atoms with Gasteiger partial charge in [-0.2, -0.15) is 5.10 Å². The Morgan fingerprint density at radius 3 is 2.48 bits per heavy atom. The zero-order valence-corrected chi connectivity index (χ0v) is 19.5. The summed E-state index contributed by atoms with van der Waals surface area (Å²) in [6.45, 7) is 5.23. The lowest BCUT2D eigenvalue weighted by Crippen LogP contribution is -2.44. The predicted octanol–water partition coefficient (Wildman–Crippen LogP) is 3.16. The third-order valence-electron chi connectivity index (χ3n) is 6.55. The van der Waals surface area contributed by atoms with Crippen LogP contribution >= 0.6 is 0 Å². The lowest BCUT2D eigenvalue weighted by molar-refractivity contribution is -0.133. The number of aryl methyl sites for hydroxylation is 3. The van der Waals surface area contributed by atoms with Crippen LogP contribution in [0.2, 0.25) is 0 Å². The molecule has 2 amide bonds. The average Bonchev–Trinajstić information content (AvgIpc) is 3.41. The van der Waals surface area contributed by atoms with Crippen LogP contribution in [0.5, 0.6) is 0 Å². The topological polar surface area (TPSA) is 80.1 Å². The normalized spacial score (nSPS) is 17.8. The standard InChI is InChI=1S/C26H31N5O2/c1-19-28-20(2)31(29-19)15-13-24(32)30-16-14-26(18-30,25(33)27-3)17-22-11-7-8-12-23(22)21-9-5-4-6-10-21/h4-12H,13-18H2,1-3H3,(H,27,33)/t26-/m1/s1. The smallest absolute Gasteiger partial charge is 0.228 e. The second-order valence-corrected chi connectivity index (χ2v) is 8.80. The highest BCUT2D eigenvalue weighted by atomic mass is 16.2. The van der Waals surface area contributed by atoms with Gasteiger partial charge in [0.2, 0.25) is 11.8 Å². The highest BCUT2D eigenvalue weighted by molar-refractivity contribution is 5.86. The van der Waals surface area contributed by atoms with E-state index in [-0.39, 0.29) is 11.8 Å². The summed E-state index contributed by atoms with van der Waals surface area (Å²) in [4.78, 5) is 32.3. The molecule has 1 N–H and O–H groups in total. The minimum atomic E-state index is -0.644. The number of hydrogen-bond donors (Lipinski definition) is 1. The molecule has 1 aromatic heterocycles. The zero-order valence-electron chi connectivity index (χ0n) is 19.5. The highest BCUT2D eigenvalue weighted by Crippen LogP contribution is 2.37. The van der Waals surface area contributed by atoms with E-state index in [9.17, 15) is 9.59 Å². The number of carbonyl (C=O) groups excluding carboxylic acids is 2. The molecular weight excluding hydrogens is 414 g/mol. The third-order valence-corrected chi connectivity index (χ3v) is 6.55. The first-order valence-corrected chi connectivity index (χ1v) is 11.4. The first-order valence-electron chi connectivity index (χ1n) is 11.4. The molecule has 7 heteroatoms. The summed E-state index contributed by atoms with van der Waals surface area (Å²) in [6.07, 6.45) is 1.57. The van der Waals surface area contributed by atoms with E-state index in [0.717, 1.165) is 22.5 Å². The molecule has 1 aliphatic heterocycles. The molecule has 2 aromatic carbocycles. The van der Waals surface area contributed by atoms with E-state index in [0.29, 0.717) is 44.7 Å². The Labute approximate surface area is 194 Å². The molecule has 0 saturated carbocycles. The average molecular weight is 446 g/mol. The number of hydrogen-bond acceptors (Lipinski definition) is 4. The fourth-order valence-electron chi connectivity index (χ4n) is 4.83. The molecule has 3 aromatic rings. The van der Waals surface area contributed by atoms with E-state index in [2.05, 4.69) is 39.7 Å². The van der Waals surface area contributed by atoms with E-state index in [1.54, 1.807) is 11.7 Å². The van der Waals surface area contributed by atoms with Gasteiger partial charge >= 0.3 is 0 Å². The molecule has 7 nitrogen and oxygen atoms in total. The van der Waals surface area contributed by atoms with Crippen molar-refractivity contribution in [2.75, 3.05) is 20.1 Å². The number of likely N-dealkylation sites (tertiary alicyclic amines) is 1. The molecule has 0 radical (unpaired) electrons. The number of amides is 2. The molecule has 2 heterocycles. The molecule has 0 unspecified atom stereocenters. The Bertz CT molecular complexity index is 1140. The van der Waals surface area contributed by atoms with Crippen molar-refractivity contribution >= 4 is 11.8 Å². The second-order valence-electron chi connectivity index (χ2n) is 8.80. The fourth-order valence-corrected chi connectivity index (χ4v) is 4.83. The van der Waals surface area contributed by atoms with Crippen LogP contribution in [-0.2, 0) is 22.6 Å². The van der Waals surface area contributed by atoms with Crippen LogP contribution in [0.4, 0.5) is 0 Å². The van der Waals surface area contributed by atoms with Gasteiger partial charge in [0.1, 0.15) is 11.6 Å². The summed E-state index contributed by atoms with van der Waals surface area (Å²) < 4.78 is 1.77. The number of aromatic nitrogens is 3. The third kappa shape index (κ3) is 4.82. The number of nitrogens with zero attached hydrogens (tertiary/aromatic N) is 4. The molecule has 1 atom stereocenters. The van der Waals surface area contributed by atoms with Crippen LogP contribution < -0.4 is 5.32 Å². The van der Waals surface area contributed by atoms with Crippen LogP contribution in [0.15, 0.2) is 54.6 Å². The number of carbonyl (C=O) groups is 2. The van der Waals surface area contributed by atoms with Crippen LogP contribution in [0.3, 0.4) is 0 Å².